The Morgan fingerprint density at radius 3 is 0.896 bits per heavy atom. The highest BCUT2D eigenvalue weighted by Crippen LogP contribution is 2.31. The fourth-order valence-corrected chi connectivity index (χ4v) is 17.8. The highest BCUT2D eigenvalue weighted by atomic mass is 16.4. The van der Waals surface area contributed by atoms with Crippen molar-refractivity contribution in [2.45, 2.75) is 231 Å². The van der Waals surface area contributed by atoms with Crippen LogP contribution in [0.1, 0.15) is 110 Å². The number of nitrogens with one attached hydrogen (secondary N) is 11. The van der Waals surface area contributed by atoms with E-state index in [1.807, 2.05) is 0 Å². The molecule has 0 saturated carbocycles. The van der Waals surface area contributed by atoms with Crippen molar-refractivity contribution in [1.82, 2.24) is 103 Å². The van der Waals surface area contributed by atoms with Crippen LogP contribution in [0.25, 0.3) is 0 Å². The fourth-order valence-electron chi connectivity index (χ4n) is 17.8. The fraction of sp³-hybridized carbons (Fsp3) is 0.720. The van der Waals surface area contributed by atoms with Gasteiger partial charge in [-0.15, -0.1) is 0 Å². The number of nitrogens with zero attached hydrogens (tertiary/aromatic N) is 9. The van der Waals surface area contributed by atoms with Crippen LogP contribution in [0.4, 0.5) is 0 Å². The van der Waals surface area contributed by atoms with Gasteiger partial charge in [0.25, 0.3) is 0 Å². The van der Waals surface area contributed by atoms with Crippen LogP contribution in [0, 0.1) is 0 Å². The largest absolute Gasteiger partial charge is 0.481 e. The lowest BCUT2D eigenvalue weighted by Gasteiger charge is -2.32. The van der Waals surface area contributed by atoms with Crippen molar-refractivity contribution in [2.75, 3.05) is 111 Å². The molecule has 0 aromatic carbocycles. The van der Waals surface area contributed by atoms with Gasteiger partial charge in [0.05, 0.1) is 88.0 Å². The summed E-state index contributed by atoms with van der Waals surface area (Å²) in [4.78, 5) is 291. The molecule has 10 heterocycles. The van der Waals surface area contributed by atoms with Gasteiger partial charge in [0.1, 0.15) is 79.0 Å². The third kappa shape index (κ3) is 24.0. The molecule has 0 aromatic rings. The Morgan fingerprint density at radius 1 is 0.312 bits per heavy atom. The minimum Gasteiger partial charge on any atom is -0.481 e. The molecule has 0 spiro atoms. The molecule has 19 amide bonds. The zero-order chi connectivity index (χ0) is 91.3. The Morgan fingerprint density at radius 2 is 0.592 bits per heavy atom. The van der Waals surface area contributed by atoms with Gasteiger partial charge >= 0.3 is 11.9 Å². The lowest BCUT2D eigenvalue weighted by atomic mass is 10.1. The number of hydrogen-bond donors (Lipinski definition) is 20. The second-order valence-corrected chi connectivity index (χ2v) is 33.0. The van der Waals surface area contributed by atoms with Crippen LogP contribution in [-0.2, 0) is 101 Å². The first-order valence-corrected chi connectivity index (χ1v) is 41.6. The molecule has 50 heteroatoms. The van der Waals surface area contributed by atoms with Crippen LogP contribution in [0.15, 0.2) is 0 Å². The Kier molecular flexibility index (Phi) is 32.6. The Labute approximate surface area is 713 Å². The summed E-state index contributed by atoms with van der Waals surface area (Å²) in [6, 6.07) is -16.7. The normalized spacial score (nSPS) is 28.3. The molecule has 10 rings (SSSR count). The molecule has 10 aliphatic rings. The van der Waals surface area contributed by atoms with E-state index in [-0.39, 0.29) is 123 Å². The molecule has 20 atom stereocenters. The molecule has 50 nitrogen and oxygen atoms in total. The molecule has 10 aliphatic heterocycles. The zero-order valence-corrected chi connectivity index (χ0v) is 68.8. The van der Waals surface area contributed by atoms with E-state index in [0.29, 0.717) is 12.8 Å². The lowest BCUT2D eigenvalue weighted by molar-refractivity contribution is -0.148. The summed E-state index contributed by atoms with van der Waals surface area (Å²) in [7, 11) is 0. The summed E-state index contributed by atoms with van der Waals surface area (Å²) < 4.78 is 0. The molecule has 0 bridgehead atoms. The molecule has 0 aliphatic carbocycles. The SMILES string of the molecule is C[C@H](NC(=O)CNC(=O)[C@@H]1C[C@@H](O)CN1C(=O)[C@H](CCC(=O)O)NC(=O)CNC(=O)[C@@H]1C[C@@H](O)CN1)C(=O)N1C[C@H](O)C[C@H]1C(=O)NCC(=O)N1CCC[C@H]1C(=O)N1C[C@H](O)C[C@H]1C(=O)NCC(=O)N1CCC[C@H]1C(=O)N1C[C@H](O)C[C@H]1C(=O)NCC(=O)N1CCC[C@H]1C(=O)N1C[C@H](O)C[C@H]1C(=O)NCC(=O)N[C@@H](C)C(=O)N1C[C@H](O)C[C@H]1C(=O)NCC(=O)O. The molecule has 20 N–H and O–H groups in total. The molecule has 0 radical (unpaired) electrons. The number of aliphatic hydroxyl groups excluding tert-OH is 7. The number of carboxylic acids is 2. The van der Waals surface area contributed by atoms with E-state index in [9.17, 15) is 142 Å². The molecule has 10 fully saturated rings. The molecule has 0 unspecified atom stereocenters. The summed E-state index contributed by atoms with van der Waals surface area (Å²) in [6.07, 6.45) is -9.58. The highest BCUT2D eigenvalue weighted by Gasteiger charge is 2.51. The minimum atomic E-state index is -1.55. The van der Waals surface area contributed by atoms with Gasteiger partial charge in [-0.1, -0.05) is 0 Å². The van der Waals surface area contributed by atoms with E-state index in [0.717, 1.165) is 29.4 Å². The van der Waals surface area contributed by atoms with Crippen LogP contribution >= 0.6 is 0 Å². The van der Waals surface area contributed by atoms with E-state index < -0.39 is 317 Å². The van der Waals surface area contributed by atoms with Gasteiger partial charge in [0.15, 0.2) is 0 Å². The van der Waals surface area contributed by atoms with Gasteiger partial charge < -0.3 is 149 Å². The number of aliphatic carboxylic acids is 2. The maximum atomic E-state index is 14.4. The van der Waals surface area contributed by atoms with Crippen molar-refractivity contribution in [3.63, 3.8) is 0 Å². The van der Waals surface area contributed by atoms with Gasteiger partial charge in [-0.2, -0.15) is 0 Å². The van der Waals surface area contributed by atoms with Crippen molar-refractivity contribution in [3.05, 3.63) is 0 Å². The Hall–Kier alpha value is -11.4. The number of aliphatic hydroxyl groups is 7. The summed E-state index contributed by atoms with van der Waals surface area (Å²) in [6.45, 7) is -4.48. The maximum absolute atomic E-state index is 14.4. The quantitative estimate of drug-likeness (QED) is 0.0290. The third-order valence-electron chi connectivity index (χ3n) is 23.9. The van der Waals surface area contributed by atoms with Crippen molar-refractivity contribution in [2.24, 2.45) is 0 Å². The van der Waals surface area contributed by atoms with E-state index in [4.69, 9.17) is 5.11 Å². The standard InChI is InChI=1S/C75H110N20O30/c1-35(84-55(103)22-78-64(114)51-17-40(99)31-92(51)72(122)44(9-10-61(109)110)86-57(105)24-77-63(113)45-14-37(96)21-76-45)70(120)90-29-38(97)15-49(90)66(116)80-25-58(106)88-12-4-7-47(88)74(124)94-33-42(101)19-53(94)68(118)82-27-60(108)89-13-5-8-48(89)75(125)95-34-43(102)20-54(95)67(117)81-26-59(107)87-11-3-6-46(87)73(123)93-32-41(100)18-52(93)65(115)79-23-56(104)85-36(2)71(121)91-30-39(98)16-50(91)69(119)83-28-62(111)112/h35-54,76,96-102H,3-34H2,1-2H3,(H,77,113)(H,78,114)(H,79,115)(H,80,116)(H,81,117)(H,82,118)(H,83,119)(H,84,103)(H,85,104)(H,86,105)(H,109,110)(H,111,112)/t35-,36-,37+,38+,39+,40+,41+,42+,43+,44-,45-,46-,47-,48-,49-,50-,51-,52-,53-,54-/m0/s1. The van der Waals surface area contributed by atoms with E-state index >= 15 is 0 Å². The Bertz CT molecular complexity index is 4180. The number of β-amino-alcohol motifs (C(OH)–C–C–N with tert-alkyl or cyclic N) is 7. The number of hydrogen-bond acceptors (Lipinski definition) is 29. The number of likely N-dealkylation sites (tertiary alicyclic amines) is 9. The maximum Gasteiger partial charge on any atom is 0.322 e. The summed E-state index contributed by atoms with van der Waals surface area (Å²) in [5, 5.41) is 118. The summed E-state index contributed by atoms with van der Waals surface area (Å²) in [5.74, 6) is -18.4. The topological polar surface area (TPSA) is 702 Å². The first-order chi connectivity index (χ1) is 59.2. The molecular formula is C75H110N20O30. The van der Waals surface area contributed by atoms with Gasteiger partial charge in [0.2, 0.25) is 112 Å². The van der Waals surface area contributed by atoms with E-state index in [1.165, 1.54) is 28.5 Å². The highest BCUT2D eigenvalue weighted by molar-refractivity contribution is 6.02. The van der Waals surface area contributed by atoms with Gasteiger partial charge in [-0.3, -0.25) is 101 Å². The summed E-state index contributed by atoms with van der Waals surface area (Å²) in [5.41, 5.74) is 0. The molecule has 10 saturated heterocycles. The molecular weight excluding hydrogens is 1660 g/mol. The third-order valence-corrected chi connectivity index (χ3v) is 23.9. The molecule has 690 valence electrons. The monoisotopic (exact) mass is 1770 g/mol. The van der Waals surface area contributed by atoms with E-state index in [2.05, 4.69) is 58.5 Å². The van der Waals surface area contributed by atoms with Crippen LogP contribution in [0.5, 0.6) is 0 Å². The van der Waals surface area contributed by atoms with Crippen LogP contribution < -0.4 is 58.5 Å². The Balaban J connectivity index is 0.647. The van der Waals surface area contributed by atoms with Gasteiger partial charge in [0, 0.05) is 110 Å². The number of carbonyl (C=O) groups excluding carboxylic acids is 19. The molecule has 125 heavy (non-hydrogen) atoms. The molecule has 0 aromatic heterocycles. The van der Waals surface area contributed by atoms with Crippen molar-refractivity contribution in [1.29, 1.82) is 0 Å². The first-order valence-electron chi connectivity index (χ1n) is 41.6. The van der Waals surface area contributed by atoms with Gasteiger partial charge in [-0.25, -0.2) is 0 Å². The predicted molar refractivity (Wildman–Crippen MR) is 416 cm³/mol. The van der Waals surface area contributed by atoms with Gasteiger partial charge in [-0.05, 0) is 65.2 Å². The number of rotatable bonds is 33. The number of carboxylic acid groups (broad SMARTS) is 2. The first kappa shape index (κ1) is 95.8. The lowest BCUT2D eigenvalue weighted by Crippen LogP contribution is -2.57. The van der Waals surface area contributed by atoms with Crippen LogP contribution in [-0.4, -0.2) is 447 Å². The van der Waals surface area contributed by atoms with E-state index in [1.54, 1.807) is 0 Å². The van der Waals surface area contributed by atoms with Crippen molar-refractivity contribution >= 4 is 124 Å². The van der Waals surface area contributed by atoms with Crippen molar-refractivity contribution in [3.8, 4) is 0 Å². The van der Waals surface area contributed by atoms with Crippen LogP contribution in [0.3, 0.4) is 0 Å². The van der Waals surface area contributed by atoms with Crippen LogP contribution in [0.2, 0.25) is 0 Å². The number of carbonyl (C=O) groups is 21. The second-order valence-electron chi connectivity index (χ2n) is 33.0. The second kappa shape index (κ2) is 42.5. The minimum absolute atomic E-state index is 0.00908. The van der Waals surface area contributed by atoms with Crippen molar-refractivity contribution < 1.29 is 147 Å². The average molecular weight is 1770 g/mol. The average Bonchev–Trinajstić information content (AvgIpc) is 1.67. The smallest absolute Gasteiger partial charge is 0.322 e. The zero-order valence-electron chi connectivity index (χ0n) is 68.8. The predicted octanol–water partition coefficient (Wildman–Crippen LogP) is -15.3. The summed E-state index contributed by atoms with van der Waals surface area (Å²) >= 11 is 0. The number of amides is 19.